The maximum absolute atomic E-state index is 8.66. The molecule has 0 spiro atoms. The number of nitrogens with zero attached hydrogens (tertiary/aromatic N) is 1. The Bertz CT molecular complexity index is 687. The number of nitriles is 1. The lowest BCUT2D eigenvalue weighted by Gasteiger charge is -2.11. The van der Waals surface area contributed by atoms with E-state index in [1.807, 2.05) is 24.3 Å². The predicted molar refractivity (Wildman–Crippen MR) is 99.5 cm³/mol. The summed E-state index contributed by atoms with van der Waals surface area (Å²) in [6.07, 6.45) is 2.51. The summed E-state index contributed by atoms with van der Waals surface area (Å²) >= 11 is 5.30. The van der Waals surface area contributed by atoms with Gasteiger partial charge in [-0.3, -0.25) is 0 Å². The summed E-state index contributed by atoms with van der Waals surface area (Å²) in [7, 11) is 0. The van der Waals surface area contributed by atoms with Crippen LogP contribution >= 0.6 is 12.2 Å². The van der Waals surface area contributed by atoms with Crippen LogP contribution in [-0.4, -0.2) is 11.7 Å². The summed E-state index contributed by atoms with van der Waals surface area (Å²) < 4.78 is 0. The summed E-state index contributed by atoms with van der Waals surface area (Å²) in [5.74, 6) is 0. The van der Waals surface area contributed by atoms with Crippen LogP contribution in [0, 0.1) is 18.3 Å². The lowest BCUT2D eigenvalue weighted by atomic mass is 10.1. The zero-order chi connectivity index (χ0) is 16.5. The number of rotatable bonds is 6. The Labute approximate surface area is 143 Å². The van der Waals surface area contributed by atoms with Gasteiger partial charge < -0.3 is 10.6 Å². The van der Waals surface area contributed by atoms with Gasteiger partial charge in [-0.25, -0.2) is 0 Å². The van der Waals surface area contributed by atoms with Crippen molar-refractivity contribution in [2.24, 2.45) is 0 Å². The molecule has 0 atom stereocenters. The molecule has 0 heterocycles. The van der Waals surface area contributed by atoms with E-state index in [0.717, 1.165) is 30.6 Å². The third-order valence-corrected chi connectivity index (χ3v) is 3.75. The van der Waals surface area contributed by atoms with Gasteiger partial charge in [-0.05, 0) is 55.2 Å². The van der Waals surface area contributed by atoms with Crippen molar-refractivity contribution in [2.75, 3.05) is 11.9 Å². The van der Waals surface area contributed by atoms with E-state index in [4.69, 9.17) is 17.5 Å². The van der Waals surface area contributed by atoms with E-state index in [2.05, 4.69) is 47.9 Å². The first kappa shape index (κ1) is 17.0. The number of hydrogen-bond acceptors (Lipinski definition) is 2. The fourth-order valence-electron chi connectivity index (χ4n) is 2.33. The standard InChI is InChI=1S/C19H21N3S/c1-15-4-2-5-17(14-15)6-3-13-21-19(23)22-18-9-7-16(8-10-18)11-12-20/h2,4-5,7-10,14H,3,6,11,13H2,1H3,(H2,21,22,23). The minimum atomic E-state index is 0.432. The molecule has 2 aromatic carbocycles. The van der Waals surface area contributed by atoms with Crippen LogP contribution in [0.3, 0.4) is 0 Å². The monoisotopic (exact) mass is 323 g/mol. The van der Waals surface area contributed by atoms with Gasteiger partial charge in [-0.15, -0.1) is 0 Å². The molecule has 23 heavy (non-hydrogen) atoms. The number of anilines is 1. The van der Waals surface area contributed by atoms with Gasteiger partial charge in [0.2, 0.25) is 0 Å². The fourth-order valence-corrected chi connectivity index (χ4v) is 2.55. The minimum absolute atomic E-state index is 0.432. The molecule has 2 aromatic rings. The highest BCUT2D eigenvalue weighted by atomic mass is 32.1. The molecule has 0 aromatic heterocycles. The van der Waals surface area contributed by atoms with Crippen LogP contribution in [0.5, 0.6) is 0 Å². The molecule has 2 rings (SSSR count). The molecule has 0 bridgehead atoms. The highest BCUT2D eigenvalue weighted by Gasteiger charge is 1.99. The van der Waals surface area contributed by atoms with Crippen LogP contribution in [0.1, 0.15) is 23.1 Å². The number of thiocarbonyl (C=S) groups is 1. The average molecular weight is 323 g/mol. The molecule has 0 unspecified atom stereocenters. The number of aryl methyl sites for hydroxylation is 2. The first-order chi connectivity index (χ1) is 11.2. The van der Waals surface area contributed by atoms with Crippen LogP contribution < -0.4 is 10.6 Å². The second kappa shape index (κ2) is 8.92. The van der Waals surface area contributed by atoms with Crippen LogP contribution in [0.25, 0.3) is 0 Å². The normalized spacial score (nSPS) is 9.91. The Morgan fingerprint density at radius 3 is 2.61 bits per heavy atom. The summed E-state index contributed by atoms with van der Waals surface area (Å²) in [5, 5.41) is 15.7. The van der Waals surface area contributed by atoms with Gasteiger partial charge in [0.05, 0.1) is 12.5 Å². The van der Waals surface area contributed by atoms with E-state index in [1.165, 1.54) is 11.1 Å². The number of nitrogens with one attached hydrogen (secondary N) is 2. The molecular weight excluding hydrogens is 302 g/mol. The third-order valence-electron chi connectivity index (χ3n) is 3.51. The Hall–Kier alpha value is -2.38. The van der Waals surface area contributed by atoms with Crippen molar-refractivity contribution in [3.05, 3.63) is 65.2 Å². The van der Waals surface area contributed by atoms with Crippen molar-refractivity contribution in [1.29, 1.82) is 5.26 Å². The van der Waals surface area contributed by atoms with Crippen molar-refractivity contribution in [1.82, 2.24) is 5.32 Å². The molecule has 0 aliphatic carbocycles. The highest BCUT2D eigenvalue weighted by molar-refractivity contribution is 7.80. The van der Waals surface area contributed by atoms with Gasteiger partial charge in [-0.1, -0.05) is 42.0 Å². The van der Waals surface area contributed by atoms with Crippen LogP contribution in [0.4, 0.5) is 5.69 Å². The zero-order valence-corrected chi connectivity index (χ0v) is 14.1. The Morgan fingerprint density at radius 1 is 1.13 bits per heavy atom. The molecule has 2 N–H and O–H groups in total. The van der Waals surface area contributed by atoms with Crippen LogP contribution in [0.2, 0.25) is 0 Å². The first-order valence-electron chi connectivity index (χ1n) is 7.73. The predicted octanol–water partition coefficient (Wildman–Crippen LogP) is 3.98. The second-order valence-electron chi connectivity index (χ2n) is 5.51. The van der Waals surface area contributed by atoms with E-state index in [0.29, 0.717) is 11.5 Å². The lowest BCUT2D eigenvalue weighted by Crippen LogP contribution is -2.29. The van der Waals surface area contributed by atoms with Gasteiger partial charge in [0.1, 0.15) is 0 Å². The van der Waals surface area contributed by atoms with E-state index >= 15 is 0 Å². The maximum atomic E-state index is 8.66. The molecule has 3 nitrogen and oxygen atoms in total. The Kier molecular flexibility index (Phi) is 6.58. The summed E-state index contributed by atoms with van der Waals surface area (Å²) in [6, 6.07) is 18.5. The van der Waals surface area contributed by atoms with Crippen molar-refractivity contribution in [3.63, 3.8) is 0 Å². The van der Waals surface area contributed by atoms with E-state index in [9.17, 15) is 0 Å². The van der Waals surface area contributed by atoms with Crippen molar-refractivity contribution < 1.29 is 0 Å². The lowest BCUT2D eigenvalue weighted by molar-refractivity contribution is 0.777. The zero-order valence-electron chi connectivity index (χ0n) is 13.3. The molecule has 0 aliphatic rings. The Morgan fingerprint density at radius 2 is 1.91 bits per heavy atom. The minimum Gasteiger partial charge on any atom is -0.362 e. The SMILES string of the molecule is Cc1cccc(CCCNC(=S)Nc2ccc(CC#N)cc2)c1. The number of hydrogen-bond donors (Lipinski definition) is 2. The van der Waals surface area contributed by atoms with Gasteiger partial charge in [0.25, 0.3) is 0 Å². The average Bonchev–Trinajstić information content (AvgIpc) is 2.54. The highest BCUT2D eigenvalue weighted by Crippen LogP contribution is 2.10. The maximum Gasteiger partial charge on any atom is 0.170 e. The third kappa shape index (κ3) is 6.09. The van der Waals surface area contributed by atoms with E-state index in [-0.39, 0.29) is 0 Å². The van der Waals surface area contributed by atoms with Gasteiger partial charge in [0, 0.05) is 12.2 Å². The van der Waals surface area contributed by atoms with Gasteiger partial charge >= 0.3 is 0 Å². The van der Waals surface area contributed by atoms with E-state index in [1.54, 1.807) is 0 Å². The number of benzene rings is 2. The van der Waals surface area contributed by atoms with Gasteiger partial charge in [-0.2, -0.15) is 5.26 Å². The molecular formula is C19H21N3S. The fraction of sp³-hybridized carbons (Fsp3) is 0.263. The van der Waals surface area contributed by atoms with Crippen molar-refractivity contribution >= 4 is 23.0 Å². The molecule has 0 fully saturated rings. The molecule has 0 aliphatic heterocycles. The molecule has 0 amide bonds. The molecule has 118 valence electrons. The van der Waals surface area contributed by atoms with E-state index < -0.39 is 0 Å². The summed E-state index contributed by atoms with van der Waals surface area (Å²) in [6.45, 7) is 2.95. The second-order valence-corrected chi connectivity index (χ2v) is 5.91. The van der Waals surface area contributed by atoms with Crippen LogP contribution in [0.15, 0.2) is 48.5 Å². The molecule has 0 radical (unpaired) electrons. The largest absolute Gasteiger partial charge is 0.362 e. The van der Waals surface area contributed by atoms with Crippen molar-refractivity contribution in [2.45, 2.75) is 26.2 Å². The molecule has 0 saturated carbocycles. The van der Waals surface area contributed by atoms with Gasteiger partial charge in [0.15, 0.2) is 5.11 Å². The van der Waals surface area contributed by atoms with Crippen LogP contribution in [-0.2, 0) is 12.8 Å². The quantitative estimate of drug-likeness (QED) is 0.623. The molecule has 0 saturated heterocycles. The van der Waals surface area contributed by atoms with Crippen molar-refractivity contribution in [3.8, 4) is 6.07 Å². The first-order valence-corrected chi connectivity index (χ1v) is 8.14. The molecule has 4 heteroatoms. The topological polar surface area (TPSA) is 47.8 Å². The summed E-state index contributed by atoms with van der Waals surface area (Å²) in [4.78, 5) is 0. The summed E-state index contributed by atoms with van der Waals surface area (Å²) in [5.41, 5.74) is 4.60. The Balaban J connectivity index is 1.69. The smallest absolute Gasteiger partial charge is 0.170 e.